The first-order chi connectivity index (χ1) is 5.88. The van der Waals surface area contributed by atoms with E-state index in [-0.39, 0.29) is 13.2 Å². The molecule has 0 saturated carbocycles. The molecule has 1 aromatic rings. The summed E-state index contributed by atoms with van der Waals surface area (Å²) in [5, 5.41) is 8.85. The van der Waals surface area contributed by atoms with Crippen molar-refractivity contribution in [1.82, 2.24) is 4.98 Å². The highest BCUT2D eigenvalue weighted by atomic mass is 16.5. The minimum absolute atomic E-state index is 0.0895. The van der Waals surface area contributed by atoms with E-state index in [2.05, 4.69) is 10.9 Å². The van der Waals surface area contributed by atoms with Crippen LogP contribution in [0.15, 0.2) is 18.5 Å². The van der Waals surface area contributed by atoms with Crippen LogP contribution < -0.4 is 4.74 Å². The molecule has 0 saturated heterocycles. The van der Waals surface area contributed by atoms with Gasteiger partial charge in [0.25, 0.3) is 0 Å². The van der Waals surface area contributed by atoms with E-state index in [0.717, 1.165) is 0 Å². The molecule has 0 unspecified atom stereocenters. The van der Waals surface area contributed by atoms with Crippen molar-refractivity contribution in [3.05, 3.63) is 24.0 Å². The third kappa shape index (κ3) is 1.97. The second-order valence-electron chi connectivity index (χ2n) is 2.13. The molecule has 0 aliphatic carbocycles. The molecule has 1 rings (SSSR count). The average molecular weight is 163 g/mol. The number of ether oxygens (including phenoxy) is 1. The zero-order valence-electron chi connectivity index (χ0n) is 6.53. The minimum atomic E-state index is -0.0895. The van der Waals surface area contributed by atoms with E-state index in [9.17, 15) is 0 Å². The highest BCUT2D eigenvalue weighted by Gasteiger charge is 1.99. The zero-order chi connectivity index (χ0) is 8.81. The molecule has 0 fully saturated rings. The lowest BCUT2D eigenvalue weighted by atomic mass is 10.3. The molecule has 0 bridgehead atoms. The lowest BCUT2D eigenvalue weighted by Crippen LogP contribution is -1.98. The van der Waals surface area contributed by atoms with E-state index in [4.69, 9.17) is 16.3 Å². The van der Waals surface area contributed by atoms with Crippen molar-refractivity contribution < 1.29 is 9.84 Å². The predicted octanol–water partition coefficient (Wildman–Crippen LogP) is 0.586. The maximum absolute atomic E-state index is 8.85. The maximum atomic E-state index is 8.85. The van der Waals surface area contributed by atoms with Gasteiger partial charge < -0.3 is 9.84 Å². The molecule has 0 atom stereocenters. The molecule has 0 aliphatic heterocycles. The molecule has 62 valence electrons. The number of aliphatic hydroxyl groups excluding tert-OH is 1. The SMILES string of the molecule is C#CCOc1ccncc1CO. The molecule has 0 amide bonds. The standard InChI is InChI=1S/C9H9NO2/c1-2-5-12-9-3-4-10-6-8(9)7-11/h1,3-4,6,11H,5,7H2. The lowest BCUT2D eigenvalue weighted by molar-refractivity contribution is 0.270. The Morgan fingerprint density at radius 2 is 2.50 bits per heavy atom. The summed E-state index contributed by atoms with van der Waals surface area (Å²) in [5.41, 5.74) is 0.646. The number of hydrogen-bond acceptors (Lipinski definition) is 3. The fourth-order valence-corrected chi connectivity index (χ4v) is 0.793. The van der Waals surface area contributed by atoms with Gasteiger partial charge >= 0.3 is 0 Å². The molecule has 3 nitrogen and oxygen atoms in total. The summed E-state index contributed by atoms with van der Waals surface area (Å²) in [4.78, 5) is 3.83. The number of rotatable bonds is 3. The molecule has 0 radical (unpaired) electrons. The number of hydrogen-bond donors (Lipinski definition) is 1. The fraction of sp³-hybridized carbons (Fsp3) is 0.222. The number of aliphatic hydroxyl groups is 1. The van der Waals surface area contributed by atoms with Gasteiger partial charge in [0.2, 0.25) is 0 Å². The van der Waals surface area contributed by atoms with Crippen LogP contribution in [0.25, 0.3) is 0 Å². The van der Waals surface area contributed by atoms with Crippen molar-refractivity contribution >= 4 is 0 Å². The van der Waals surface area contributed by atoms with Crippen molar-refractivity contribution in [2.45, 2.75) is 6.61 Å². The molecular weight excluding hydrogens is 154 g/mol. The summed E-state index contributed by atoms with van der Waals surface area (Å²) in [6, 6.07) is 1.67. The zero-order valence-corrected chi connectivity index (χ0v) is 6.53. The maximum Gasteiger partial charge on any atom is 0.148 e. The molecule has 1 aromatic heterocycles. The van der Waals surface area contributed by atoms with Gasteiger partial charge in [-0.1, -0.05) is 5.92 Å². The molecule has 0 aromatic carbocycles. The summed E-state index contributed by atoms with van der Waals surface area (Å²) in [6.07, 6.45) is 8.15. The second kappa shape index (κ2) is 4.37. The third-order valence-corrected chi connectivity index (χ3v) is 1.34. The van der Waals surface area contributed by atoms with Crippen LogP contribution in [-0.2, 0) is 6.61 Å². The van der Waals surface area contributed by atoms with Gasteiger partial charge in [-0.15, -0.1) is 6.42 Å². The summed E-state index contributed by atoms with van der Waals surface area (Å²) in [6.45, 7) is 0.116. The fourth-order valence-electron chi connectivity index (χ4n) is 0.793. The van der Waals surface area contributed by atoms with E-state index in [1.54, 1.807) is 18.5 Å². The Labute approximate surface area is 71.0 Å². The van der Waals surface area contributed by atoms with Crippen molar-refractivity contribution in [1.29, 1.82) is 0 Å². The summed E-state index contributed by atoms with van der Waals surface area (Å²) >= 11 is 0. The van der Waals surface area contributed by atoms with Gasteiger partial charge in [0.15, 0.2) is 0 Å². The molecule has 0 spiro atoms. The first-order valence-corrected chi connectivity index (χ1v) is 3.48. The molecule has 0 aliphatic rings. The van der Waals surface area contributed by atoms with E-state index in [1.807, 2.05) is 0 Å². The third-order valence-electron chi connectivity index (χ3n) is 1.34. The van der Waals surface area contributed by atoms with Gasteiger partial charge in [-0.2, -0.15) is 0 Å². The minimum Gasteiger partial charge on any atom is -0.480 e. The Hall–Kier alpha value is -1.53. The first-order valence-electron chi connectivity index (χ1n) is 3.48. The Balaban J connectivity index is 2.76. The Morgan fingerprint density at radius 1 is 1.67 bits per heavy atom. The normalized spacial score (nSPS) is 9.00. The van der Waals surface area contributed by atoms with Crippen molar-refractivity contribution in [2.24, 2.45) is 0 Å². The van der Waals surface area contributed by atoms with Crippen molar-refractivity contribution in [3.8, 4) is 18.1 Å². The molecule has 3 heteroatoms. The van der Waals surface area contributed by atoms with Gasteiger partial charge in [0.1, 0.15) is 12.4 Å². The molecule has 1 N–H and O–H groups in total. The number of pyridine rings is 1. The highest BCUT2D eigenvalue weighted by molar-refractivity contribution is 5.29. The summed E-state index contributed by atoms with van der Waals surface area (Å²) in [5.74, 6) is 2.93. The van der Waals surface area contributed by atoms with Crippen LogP contribution in [0.5, 0.6) is 5.75 Å². The van der Waals surface area contributed by atoms with Gasteiger partial charge in [0.05, 0.1) is 6.61 Å². The Morgan fingerprint density at radius 3 is 3.17 bits per heavy atom. The predicted molar refractivity (Wildman–Crippen MR) is 44.5 cm³/mol. The van der Waals surface area contributed by atoms with Crippen LogP contribution in [0.4, 0.5) is 0 Å². The van der Waals surface area contributed by atoms with Crippen LogP contribution in [0.2, 0.25) is 0 Å². The van der Waals surface area contributed by atoms with E-state index in [1.165, 1.54) is 0 Å². The van der Waals surface area contributed by atoms with Crippen LogP contribution in [-0.4, -0.2) is 16.7 Å². The Bertz CT molecular complexity index is 291. The van der Waals surface area contributed by atoms with Crippen LogP contribution in [0.1, 0.15) is 5.56 Å². The van der Waals surface area contributed by atoms with Crippen LogP contribution in [0.3, 0.4) is 0 Å². The van der Waals surface area contributed by atoms with Crippen LogP contribution >= 0.6 is 0 Å². The van der Waals surface area contributed by atoms with Crippen molar-refractivity contribution in [3.63, 3.8) is 0 Å². The van der Waals surface area contributed by atoms with Crippen molar-refractivity contribution in [2.75, 3.05) is 6.61 Å². The number of aromatic nitrogens is 1. The van der Waals surface area contributed by atoms with Gasteiger partial charge in [0, 0.05) is 18.0 Å². The molecular formula is C9H9NO2. The summed E-state index contributed by atoms with van der Waals surface area (Å²) in [7, 11) is 0. The smallest absolute Gasteiger partial charge is 0.148 e. The molecule has 1 heterocycles. The largest absolute Gasteiger partial charge is 0.480 e. The summed E-state index contributed by atoms with van der Waals surface area (Å²) < 4.78 is 5.14. The van der Waals surface area contributed by atoms with E-state index in [0.29, 0.717) is 11.3 Å². The number of terminal acetylenes is 1. The average Bonchev–Trinajstić information content (AvgIpc) is 2.15. The van der Waals surface area contributed by atoms with Gasteiger partial charge in [-0.3, -0.25) is 4.98 Å². The van der Waals surface area contributed by atoms with Crippen LogP contribution in [0, 0.1) is 12.3 Å². The second-order valence-corrected chi connectivity index (χ2v) is 2.13. The Kier molecular flexibility index (Phi) is 3.12. The highest BCUT2D eigenvalue weighted by Crippen LogP contribution is 2.15. The lowest BCUT2D eigenvalue weighted by Gasteiger charge is -2.05. The van der Waals surface area contributed by atoms with Gasteiger partial charge in [-0.25, -0.2) is 0 Å². The first kappa shape index (κ1) is 8.57. The van der Waals surface area contributed by atoms with E-state index >= 15 is 0 Å². The monoisotopic (exact) mass is 163 g/mol. The quantitative estimate of drug-likeness (QED) is 0.663. The van der Waals surface area contributed by atoms with Gasteiger partial charge in [-0.05, 0) is 6.07 Å². The number of nitrogens with zero attached hydrogens (tertiary/aromatic N) is 1. The topological polar surface area (TPSA) is 42.4 Å². The molecule has 12 heavy (non-hydrogen) atoms. The van der Waals surface area contributed by atoms with E-state index < -0.39 is 0 Å².